The molecule has 0 bridgehead atoms. The molecule has 1 unspecified atom stereocenters. The summed E-state index contributed by atoms with van der Waals surface area (Å²) in [5, 5.41) is 11.1. The lowest BCUT2D eigenvalue weighted by Gasteiger charge is -2.25. The van der Waals surface area contributed by atoms with Crippen molar-refractivity contribution in [3.05, 3.63) is 70.8 Å². The number of ketones is 1. The molecule has 3 rings (SSSR count). The monoisotopic (exact) mass is 407 g/mol. The van der Waals surface area contributed by atoms with Crippen LogP contribution in [0.4, 0.5) is 0 Å². The first-order valence-corrected chi connectivity index (χ1v) is 10.6. The molecule has 2 aromatic carbocycles. The largest absolute Gasteiger partial charge is 0.507 e. The Morgan fingerprint density at radius 1 is 1.07 bits per heavy atom. The molecule has 0 aliphatic carbocycles. The highest BCUT2D eigenvalue weighted by Crippen LogP contribution is 2.39. The van der Waals surface area contributed by atoms with E-state index in [-0.39, 0.29) is 11.3 Å². The van der Waals surface area contributed by atoms with E-state index in [4.69, 9.17) is 4.74 Å². The van der Waals surface area contributed by atoms with E-state index in [0.717, 1.165) is 36.1 Å². The predicted molar refractivity (Wildman–Crippen MR) is 117 cm³/mol. The number of amides is 1. The van der Waals surface area contributed by atoms with Gasteiger partial charge in [-0.1, -0.05) is 50.6 Å². The Balaban J connectivity index is 2.08. The minimum atomic E-state index is -0.638. The SMILES string of the molecule is CCCCN1C(=O)C(=O)/C(=C(\O)c2ccc(OCCC)c(C)c2)C1c1ccccc1. The van der Waals surface area contributed by atoms with Crippen molar-refractivity contribution in [3.8, 4) is 5.75 Å². The molecule has 1 amide bonds. The van der Waals surface area contributed by atoms with Crippen molar-refractivity contribution in [3.63, 3.8) is 0 Å². The summed E-state index contributed by atoms with van der Waals surface area (Å²) in [7, 11) is 0. The molecule has 1 heterocycles. The van der Waals surface area contributed by atoms with Gasteiger partial charge in [0, 0.05) is 12.1 Å². The number of Topliss-reactive ketones (excluding diaryl/α,β-unsaturated/α-hetero) is 1. The number of likely N-dealkylation sites (tertiary alicyclic amines) is 1. The summed E-state index contributed by atoms with van der Waals surface area (Å²) in [5.74, 6) is -0.595. The van der Waals surface area contributed by atoms with E-state index in [2.05, 4.69) is 0 Å². The normalized spacial score (nSPS) is 18.1. The number of hydrogen-bond donors (Lipinski definition) is 1. The van der Waals surface area contributed by atoms with Gasteiger partial charge in [-0.15, -0.1) is 0 Å². The molecular weight excluding hydrogens is 378 g/mol. The van der Waals surface area contributed by atoms with Gasteiger partial charge in [0.1, 0.15) is 11.5 Å². The van der Waals surface area contributed by atoms with E-state index >= 15 is 0 Å². The number of nitrogens with zero attached hydrogens (tertiary/aromatic N) is 1. The fourth-order valence-electron chi connectivity index (χ4n) is 3.75. The zero-order valence-electron chi connectivity index (χ0n) is 17.9. The molecule has 0 saturated carbocycles. The van der Waals surface area contributed by atoms with E-state index in [1.165, 1.54) is 0 Å². The van der Waals surface area contributed by atoms with E-state index in [1.807, 2.05) is 51.1 Å². The Labute approximate surface area is 178 Å². The molecule has 0 aromatic heterocycles. The number of carbonyl (C=O) groups is 2. The van der Waals surface area contributed by atoms with E-state index in [0.29, 0.717) is 18.7 Å². The molecule has 0 radical (unpaired) electrons. The van der Waals surface area contributed by atoms with Gasteiger partial charge in [-0.05, 0) is 49.1 Å². The van der Waals surface area contributed by atoms with Crippen LogP contribution < -0.4 is 4.74 Å². The molecule has 5 heteroatoms. The standard InChI is InChI=1S/C25H29NO4/c1-4-6-14-26-22(18-10-8-7-9-11-18)21(24(28)25(26)29)23(27)19-12-13-20(17(3)16-19)30-15-5-2/h7-13,16,22,27H,4-6,14-15H2,1-3H3/b23-21-. The lowest BCUT2D eigenvalue weighted by molar-refractivity contribution is -0.139. The van der Waals surface area contributed by atoms with Gasteiger partial charge in [0.05, 0.1) is 18.2 Å². The molecule has 1 N–H and O–H groups in total. The summed E-state index contributed by atoms with van der Waals surface area (Å²) < 4.78 is 5.71. The smallest absolute Gasteiger partial charge is 0.295 e. The topological polar surface area (TPSA) is 66.8 Å². The average molecular weight is 408 g/mol. The average Bonchev–Trinajstić information content (AvgIpc) is 3.01. The van der Waals surface area contributed by atoms with Gasteiger partial charge < -0.3 is 14.7 Å². The number of ether oxygens (including phenoxy) is 1. The Morgan fingerprint density at radius 2 is 1.80 bits per heavy atom. The summed E-state index contributed by atoms with van der Waals surface area (Å²) in [5.41, 5.74) is 2.33. The zero-order valence-corrected chi connectivity index (χ0v) is 17.9. The van der Waals surface area contributed by atoms with Crippen molar-refractivity contribution in [2.24, 2.45) is 0 Å². The second-order valence-electron chi connectivity index (χ2n) is 7.59. The number of rotatable bonds is 8. The van der Waals surface area contributed by atoms with Gasteiger partial charge in [-0.25, -0.2) is 0 Å². The van der Waals surface area contributed by atoms with Gasteiger partial charge in [-0.2, -0.15) is 0 Å². The van der Waals surface area contributed by atoms with Crippen LogP contribution in [0.3, 0.4) is 0 Å². The number of aliphatic hydroxyl groups excluding tert-OH is 1. The lowest BCUT2D eigenvalue weighted by atomic mass is 9.94. The quantitative estimate of drug-likeness (QED) is 0.380. The van der Waals surface area contributed by atoms with Gasteiger partial charge in [0.2, 0.25) is 0 Å². The molecule has 1 saturated heterocycles. The van der Waals surface area contributed by atoms with E-state index in [9.17, 15) is 14.7 Å². The third-order valence-electron chi connectivity index (χ3n) is 5.32. The van der Waals surface area contributed by atoms with Gasteiger partial charge in [0.25, 0.3) is 11.7 Å². The minimum Gasteiger partial charge on any atom is -0.507 e. The molecule has 30 heavy (non-hydrogen) atoms. The van der Waals surface area contributed by atoms with Crippen molar-refractivity contribution < 1.29 is 19.4 Å². The third-order valence-corrected chi connectivity index (χ3v) is 5.32. The maximum atomic E-state index is 12.9. The fourth-order valence-corrected chi connectivity index (χ4v) is 3.75. The number of hydrogen-bond acceptors (Lipinski definition) is 4. The number of aryl methyl sites for hydroxylation is 1. The Morgan fingerprint density at radius 3 is 2.43 bits per heavy atom. The molecule has 1 aliphatic rings. The maximum absolute atomic E-state index is 12.9. The second-order valence-corrected chi connectivity index (χ2v) is 7.59. The van der Waals surface area contributed by atoms with Crippen LogP contribution in [0.15, 0.2) is 54.1 Å². The molecule has 1 aliphatic heterocycles. The molecule has 1 fully saturated rings. The Kier molecular flexibility index (Phi) is 6.93. The molecule has 2 aromatic rings. The van der Waals surface area contributed by atoms with Crippen LogP contribution in [0, 0.1) is 6.92 Å². The van der Waals surface area contributed by atoms with Crippen LogP contribution in [0.5, 0.6) is 5.75 Å². The lowest BCUT2D eigenvalue weighted by Crippen LogP contribution is -2.30. The molecule has 1 atom stereocenters. The summed E-state index contributed by atoms with van der Waals surface area (Å²) in [6, 6.07) is 14.1. The minimum absolute atomic E-state index is 0.143. The molecule has 158 valence electrons. The van der Waals surface area contributed by atoms with Crippen LogP contribution in [0.25, 0.3) is 5.76 Å². The summed E-state index contributed by atoms with van der Waals surface area (Å²) in [6.45, 7) is 7.06. The summed E-state index contributed by atoms with van der Waals surface area (Å²) in [4.78, 5) is 27.3. The maximum Gasteiger partial charge on any atom is 0.295 e. The first-order chi connectivity index (χ1) is 14.5. The first kappa shape index (κ1) is 21.6. The van der Waals surface area contributed by atoms with Crippen molar-refractivity contribution in [2.75, 3.05) is 13.2 Å². The van der Waals surface area contributed by atoms with Crippen molar-refractivity contribution >= 4 is 17.4 Å². The first-order valence-electron chi connectivity index (χ1n) is 10.6. The van der Waals surface area contributed by atoms with Gasteiger partial charge in [-0.3, -0.25) is 9.59 Å². The summed E-state index contributed by atoms with van der Waals surface area (Å²) >= 11 is 0. The molecule has 5 nitrogen and oxygen atoms in total. The van der Waals surface area contributed by atoms with E-state index < -0.39 is 17.7 Å². The van der Waals surface area contributed by atoms with Crippen molar-refractivity contribution in [1.82, 2.24) is 4.90 Å². The molecule has 0 spiro atoms. The highest BCUT2D eigenvalue weighted by molar-refractivity contribution is 6.46. The van der Waals surface area contributed by atoms with Crippen LogP contribution in [-0.4, -0.2) is 34.8 Å². The van der Waals surface area contributed by atoms with Crippen molar-refractivity contribution in [1.29, 1.82) is 0 Å². The van der Waals surface area contributed by atoms with Gasteiger partial charge in [0.15, 0.2) is 0 Å². The molecular formula is C25H29NO4. The highest BCUT2D eigenvalue weighted by Gasteiger charge is 2.45. The Bertz CT molecular complexity index is 949. The van der Waals surface area contributed by atoms with Crippen molar-refractivity contribution in [2.45, 2.75) is 46.1 Å². The van der Waals surface area contributed by atoms with Crippen LogP contribution >= 0.6 is 0 Å². The Hall–Kier alpha value is -3.08. The van der Waals surface area contributed by atoms with Gasteiger partial charge >= 0.3 is 0 Å². The predicted octanol–water partition coefficient (Wildman–Crippen LogP) is 5.01. The second kappa shape index (κ2) is 9.61. The number of aliphatic hydroxyl groups is 1. The zero-order chi connectivity index (χ0) is 21.7. The number of carbonyl (C=O) groups excluding carboxylic acids is 2. The van der Waals surface area contributed by atoms with Crippen LogP contribution in [0.2, 0.25) is 0 Å². The fraction of sp³-hybridized carbons (Fsp3) is 0.360. The number of unbranched alkanes of at least 4 members (excludes halogenated alkanes) is 1. The third kappa shape index (κ3) is 4.25. The highest BCUT2D eigenvalue weighted by atomic mass is 16.5. The van der Waals surface area contributed by atoms with Crippen LogP contribution in [-0.2, 0) is 9.59 Å². The van der Waals surface area contributed by atoms with Crippen LogP contribution in [0.1, 0.15) is 55.8 Å². The number of benzene rings is 2. The van der Waals surface area contributed by atoms with E-state index in [1.54, 1.807) is 23.1 Å². The summed E-state index contributed by atoms with van der Waals surface area (Å²) in [6.07, 6.45) is 2.60.